The molecule has 27 heavy (non-hydrogen) atoms. The quantitative estimate of drug-likeness (QED) is 0.329. The number of rotatable bonds is 8. The summed E-state index contributed by atoms with van der Waals surface area (Å²) in [5.41, 5.74) is 0. The van der Waals surface area contributed by atoms with Crippen molar-refractivity contribution in [2.45, 2.75) is 17.9 Å². The Kier molecular flexibility index (Phi) is 11.0. The Balaban J connectivity index is 0.00000364. The summed E-state index contributed by atoms with van der Waals surface area (Å²) >= 11 is 0. The van der Waals surface area contributed by atoms with Gasteiger partial charge in [0.05, 0.1) is 17.3 Å². The van der Waals surface area contributed by atoms with Crippen LogP contribution in [-0.4, -0.2) is 42.2 Å². The molecule has 0 heterocycles. The van der Waals surface area contributed by atoms with Crippen molar-refractivity contribution in [2.24, 2.45) is 4.99 Å². The molecule has 0 amide bonds. The van der Waals surface area contributed by atoms with E-state index < -0.39 is 10.8 Å². The summed E-state index contributed by atoms with van der Waals surface area (Å²) in [5.74, 6) is 1.43. The Bertz CT molecular complexity index is 729. The first-order chi connectivity index (χ1) is 12.6. The second-order valence-corrected chi connectivity index (χ2v) is 7.20. The zero-order valence-corrected chi connectivity index (χ0v) is 18.5. The van der Waals surface area contributed by atoms with Crippen LogP contribution >= 0.6 is 24.0 Å². The molecular weight excluding hydrogens is 480 g/mol. The SMILES string of the molecule is CN=C(NCCS(=O)c1ccccc1)NCC(C)Oc1ccc(F)cc1.I. The Labute approximate surface area is 179 Å². The number of nitrogens with one attached hydrogen (secondary N) is 2. The van der Waals surface area contributed by atoms with Gasteiger partial charge in [0.2, 0.25) is 0 Å². The van der Waals surface area contributed by atoms with Gasteiger partial charge in [-0.15, -0.1) is 24.0 Å². The maximum Gasteiger partial charge on any atom is 0.191 e. The summed E-state index contributed by atoms with van der Waals surface area (Å²) in [6, 6.07) is 15.3. The molecule has 2 N–H and O–H groups in total. The lowest BCUT2D eigenvalue weighted by atomic mass is 10.3. The second-order valence-electron chi connectivity index (χ2n) is 5.62. The fourth-order valence-electron chi connectivity index (χ4n) is 2.20. The van der Waals surface area contributed by atoms with Crippen LogP contribution in [0.25, 0.3) is 0 Å². The average Bonchev–Trinajstić information content (AvgIpc) is 2.67. The van der Waals surface area contributed by atoms with Crippen LogP contribution in [0.4, 0.5) is 4.39 Å². The third-order valence-electron chi connectivity index (χ3n) is 3.52. The smallest absolute Gasteiger partial charge is 0.191 e. The molecular formula is C19H25FIN3O2S. The van der Waals surface area contributed by atoms with Gasteiger partial charge in [-0.05, 0) is 43.3 Å². The largest absolute Gasteiger partial charge is 0.489 e. The van der Waals surface area contributed by atoms with Crippen molar-refractivity contribution in [1.82, 2.24) is 10.6 Å². The van der Waals surface area contributed by atoms with Gasteiger partial charge in [0.1, 0.15) is 17.7 Å². The molecule has 0 spiro atoms. The first-order valence-corrected chi connectivity index (χ1v) is 9.70. The lowest BCUT2D eigenvalue weighted by Gasteiger charge is -2.17. The number of halogens is 2. The fourth-order valence-corrected chi connectivity index (χ4v) is 3.18. The highest BCUT2D eigenvalue weighted by Crippen LogP contribution is 2.12. The minimum Gasteiger partial charge on any atom is -0.489 e. The Morgan fingerprint density at radius 3 is 2.44 bits per heavy atom. The predicted octanol–water partition coefficient (Wildman–Crippen LogP) is 3.18. The fraction of sp³-hybridized carbons (Fsp3) is 0.316. The van der Waals surface area contributed by atoms with Gasteiger partial charge >= 0.3 is 0 Å². The van der Waals surface area contributed by atoms with Crippen molar-refractivity contribution in [3.63, 3.8) is 0 Å². The minimum atomic E-state index is -1.04. The van der Waals surface area contributed by atoms with E-state index in [2.05, 4.69) is 15.6 Å². The van der Waals surface area contributed by atoms with Gasteiger partial charge < -0.3 is 15.4 Å². The summed E-state index contributed by atoms with van der Waals surface area (Å²) in [6.45, 7) is 2.97. The molecule has 0 radical (unpaired) electrons. The highest BCUT2D eigenvalue weighted by molar-refractivity contribution is 14.0. The zero-order chi connectivity index (χ0) is 18.8. The van der Waals surface area contributed by atoms with Gasteiger partial charge in [-0.1, -0.05) is 18.2 Å². The van der Waals surface area contributed by atoms with E-state index in [0.29, 0.717) is 30.6 Å². The molecule has 0 aliphatic heterocycles. The molecule has 2 aromatic carbocycles. The first-order valence-electron chi connectivity index (χ1n) is 8.38. The van der Waals surface area contributed by atoms with Crippen LogP contribution in [0.2, 0.25) is 0 Å². The van der Waals surface area contributed by atoms with Crippen molar-refractivity contribution in [1.29, 1.82) is 0 Å². The molecule has 8 heteroatoms. The third kappa shape index (κ3) is 8.70. The Morgan fingerprint density at radius 2 is 1.81 bits per heavy atom. The van der Waals surface area contributed by atoms with Gasteiger partial charge in [0, 0.05) is 24.2 Å². The highest BCUT2D eigenvalue weighted by atomic mass is 127. The van der Waals surface area contributed by atoms with Gasteiger partial charge in [0.15, 0.2) is 5.96 Å². The van der Waals surface area contributed by atoms with Gasteiger partial charge in [-0.2, -0.15) is 0 Å². The molecule has 0 fully saturated rings. The molecule has 148 valence electrons. The molecule has 2 rings (SSSR count). The topological polar surface area (TPSA) is 62.7 Å². The van der Waals surface area contributed by atoms with Crippen molar-refractivity contribution < 1.29 is 13.3 Å². The second kappa shape index (κ2) is 12.7. The Hall–Kier alpha value is -1.68. The van der Waals surface area contributed by atoms with Gasteiger partial charge in [-0.25, -0.2) is 4.39 Å². The van der Waals surface area contributed by atoms with E-state index in [1.807, 2.05) is 37.3 Å². The lowest BCUT2D eigenvalue weighted by molar-refractivity contribution is 0.223. The van der Waals surface area contributed by atoms with Crippen LogP contribution in [0.5, 0.6) is 5.75 Å². The van der Waals surface area contributed by atoms with Crippen LogP contribution in [0, 0.1) is 5.82 Å². The molecule has 5 nitrogen and oxygen atoms in total. The van der Waals surface area contributed by atoms with Crippen LogP contribution in [0.15, 0.2) is 64.5 Å². The standard InChI is InChI=1S/C19H24FN3O2S.HI/c1-15(25-17-10-8-16(20)9-11-17)14-23-19(21-2)22-12-13-26(24)18-6-4-3-5-7-18;/h3-11,15H,12-14H2,1-2H3,(H2,21,22,23);1H. The first kappa shape index (κ1) is 23.4. The minimum absolute atomic E-state index is 0. The number of aliphatic imine (C=N–C) groups is 1. The van der Waals surface area contributed by atoms with E-state index in [-0.39, 0.29) is 35.9 Å². The predicted molar refractivity (Wildman–Crippen MR) is 119 cm³/mol. The number of hydrogen-bond donors (Lipinski definition) is 2. The highest BCUT2D eigenvalue weighted by Gasteiger charge is 2.07. The molecule has 0 saturated carbocycles. The van der Waals surface area contributed by atoms with E-state index in [0.717, 1.165) is 4.90 Å². The summed E-state index contributed by atoms with van der Waals surface area (Å²) in [5, 5.41) is 6.29. The third-order valence-corrected chi connectivity index (χ3v) is 4.89. The summed E-state index contributed by atoms with van der Waals surface area (Å²) in [6.07, 6.45) is -0.127. The van der Waals surface area contributed by atoms with Crippen molar-refractivity contribution in [3.8, 4) is 5.75 Å². The van der Waals surface area contributed by atoms with E-state index in [1.54, 1.807) is 19.2 Å². The maximum absolute atomic E-state index is 12.9. The van der Waals surface area contributed by atoms with Crippen LogP contribution in [0.1, 0.15) is 6.92 Å². The van der Waals surface area contributed by atoms with Crippen LogP contribution < -0.4 is 15.4 Å². The molecule has 2 atom stereocenters. The van der Waals surface area contributed by atoms with Gasteiger partial charge in [-0.3, -0.25) is 9.20 Å². The van der Waals surface area contributed by atoms with E-state index in [9.17, 15) is 8.60 Å². The summed E-state index contributed by atoms with van der Waals surface area (Å²) < 4.78 is 30.8. The number of benzene rings is 2. The molecule has 2 aromatic rings. The molecule has 0 saturated heterocycles. The maximum atomic E-state index is 12.9. The summed E-state index contributed by atoms with van der Waals surface area (Å²) in [4.78, 5) is 4.96. The van der Waals surface area contributed by atoms with Crippen molar-refractivity contribution >= 4 is 40.7 Å². The average molecular weight is 505 g/mol. The van der Waals surface area contributed by atoms with Crippen LogP contribution in [0.3, 0.4) is 0 Å². The number of nitrogens with zero attached hydrogens (tertiary/aromatic N) is 1. The molecule has 0 bridgehead atoms. The number of ether oxygens (including phenoxy) is 1. The monoisotopic (exact) mass is 505 g/mol. The van der Waals surface area contributed by atoms with E-state index >= 15 is 0 Å². The van der Waals surface area contributed by atoms with E-state index in [1.165, 1.54) is 12.1 Å². The van der Waals surface area contributed by atoms with Crippen LogP contribution in [-0.2, 0) is 10.8 Å². The molecule has 0 aliphatic carbocycles. The van der Waals surface area contributed by atoms with Crippen molar-refractivity contribution in [2.75, 3.05) is 25.9 Å². The summed E-state index contributed by atoms with van der Waals surface area (Å²) in [7, 11) is 0.632. The number of guanidine groups is 1. The normalized spacial score (nSPS) is 13.2. The molecule has 0 aromatic heterocycles. The number of hydrogen-bond acceptors (Lipinski definition) is 3. The van der Waals surface area contributed by atoms with Crippen molar-refractivity contribution in [3.05, 3.63) is 60.4 Å². The molecule has 2 unspecified atom stereocenters. The zero-order valence-electron chi connectivity index (χ0n) is 15.4. The van der Waals surface area contributed by atoms with Gasteiger partial charge in [0.25, 0.3) is 0 Å². The lowest BCUT2D eigenvalue weighted by Crippen LogP contribution is -2.42. The molecule has 0 aliphatic rings. The Morgan fingerprint density at radius 1 is 1.15 bits per heavy atom. The van der Waals surface area contributed by atoms with E-state index in [4.69, 9.17) is 4.74 Å².